The van der Waals surface area contributed by atoms with E-state index in [4.69, 9.17) is 27.3 Å². The molecule has 0 bridgehead atoms. The van der Waals surface area contributed by atoms with Gasteiger partial charge < -0.3 is 5.11 Å². The quantitative estimate of drug-likeness (QED) is 0.0629. The fourth-order valence-electron chi connectivity index (χ4n) is 4.64. The summed E-state index contributed by atoms with van der Waals surface area (Å²) < 4.78 is 0. The van der Waals surface area contributed by atoms with Gasteiger partial charge in [0.1, 0.15) is 0 Å². The molecule has 0 aromatic carbocycles. The van der Waals surface area contributed by atoms with E-state index < -0.39 is 13.4 Å². The van der Waals surface area contributed by atoms with Crippen LogP contribution in [0, 0.1) is 0 Å². The van der Waals surface area contributed by atoms with Gasteiger partial charge in [0, 0.05) is 6.42 Å². The van der Waals surface area contributed by atoms with E-state index in [9.17, 15) is 4.79 Å². The van der Waals surface area contributed by atoms with Gasteiger partial charge in [0.2, 0.25) is 7.42 Å². The lowest BCUT2D eigenvalue weighted by Crippen LogP contribution is -1.93. The van der Waals surface area contributed by atoms with Crippen LogP contribution in [0.1, 0.15) is 167 Å². The number of unbranched alkanes of at least 4 members (excludes halogenated alkanes) is 24. The molecule has 0 heterocycles. The van der Waals surface area contributed by atoms with Crippen LogP contribution in [0.4, 0.5) is 0 Å². The minimum atomic E-state index is -1.34. The molecule has 0 radical (unpaired) electrons. The third-order valence-corrected chi connectivity index (χ3v) is 8.97. The first-order valence-corrected chi connectivity index (χ1v) is 18.9. The van der Waals surface area contributed by atoms with Crippen molar-refractivity contribution in [2.75, 3.05) is 0 Å². The molecule has 0 aromatic heterocycles. The summed E-state index contributed by atoms with van der Waals surface area (Å²) in [5, 5.41) is 8.61. The molecule has 0 saturated carbocycles. The molecule has 0 amide bonds. The van der Waals surface area contributed by atoms with E-state index in [2.05, 4.69) is 0 Å². The lowest BCUT2D eigenvalue weighted by molar-refractivity contribution is -0.137. The lowest BCUT2D eigenvalue weighted by atomic mass is 10.0. The largest absolute Gasteiger partial charge is 0.481 e. The first kappa shape index (κ1) is 33.3. The minimum absolute atomic E-state index is 0.342. The number of carboxylic acids is 1. The van der Waals surface area contributed by atoms with E-state index in [1.165, 1.54) is 148 Å². The Hall–Kier alpha value is 0.267. The molecule has 0 rings (SSSR count). The van der Waals surface area contributed by atoms with Crippen LogP contribution in [-0.2, 0) is 4.79 Å². The molecule has 198 valence electrons. The molecule has 5 heteroatoms. The molecule has 0 fully saturated rings. The normalized spacial score (nSPS) is 11.5. The van der Waals surface area contributed by atoms with Crippen molar-refractivity contribution in [1.82, 2.24) is 0 Å². The zero-order chi connectivity index (χ0) is 24.2. The number of hydrogen-bond acceptors (Lipinski definition) is 1. The summed E-state index contributed by atoms with van der Waals surface area (Å²) in [7, 11) is -1.34. The summed E-state index contributed by atoms with van der Waals surface area (Å²) in [5.74, 6) is -0.653. The topological polar surface area (TPSA) is 37.3 Å². The predicted molar refractivity (Wildman–Crippen MR) is 151 cm³/mol. The summed E-state index contributed by atoms with van der Waals surface area (Å²) in [6.45, 7) is 0. The number of rotatable bonds is 28. The molecule has 0 aromatic rings. The summed E-state index contributed by atoms with van der Waals surface area (Å²) in [5.41, 5.74) is 0. The molecule has 0 aliphatic heterocycles. The van der Waals surface area contributed by atoms with Gasteiger partial charge in [-0.25, -0.2) is 0 Å². The van der Waals surface area contributed by atoms with Crippen molar-refractivity contribution in [2.24, 2.45) is 0 Å². The second-order valence-electron chi connectivity index (χ2n) is 10.2. The minimum Gasteiger partial charge on any atom is -0.481 e. The van der Waals surface area contributed by atoms with Crippen LogP contribution in [0.15, 0.2) is 0 Å². The van der Waals surface area contributed by atoms with E-state index >= 15 is 0 Å². The van der Waals surface area contributed by atoms with Crippen LogP contribution >= 0.6 is 22.2 Å². The van der Waals surface area contributed by atoms with Crippen LogP contribution < -0.4 is 0 Å². The zero-order valence-electron chi connectivity index (χ0n) is 21.8. The average Bonchev–Trinajstić information content (AvgIpc) is 2.78. The average molecular weight is 524 g/mol. The number of halogens is 2. The molecular weight excluding hydrogens is 467 g/mol. The van der Waals surface area contributed by atoms with E-state index in [1.54, 1.807) is 0 Å². The number of carboxylic acid groups (broad SMARTS) is 1. The maximum atomic E-state index is 10.4. The first-order chi connectivity index (χ1) is 16.1. The fourth-order valence-corrected chi connectivity index (χ4v) is 6.16. The molecule has 0 saturated heterocycles. The van der Waals surface area contributed by atoms with Crippen molar-refractivity contribution in [2.45, 2.75) is 173 Å². The Labute approximate surface area is 218 Å². The monoisotopic (exact) mass is 522 g/mol. The van der Waals surface area contributed by atoms with Gasteiger partial charge in [-0.15, -0.1) is 0 Å². The maximum absolute atomic E-state index is 10.4. The van der Waals surface area contributed by atoms with Crippen molar-refractivity contribution in [1.29, 1.82) is 0 Å². The van der Waals surface area contributed by atoms with Gasteiger partial charge in [-0.05, 0) is 12.5 Å². The van der Waals surface area contributed by atoms with Gasteiger partial charge in [-0.3, -0.25) is 4.79 Å². The van der Waals surface area contributed by atoms with E-state index in [0.29, 0.717) is 6.42 Å². The van der Waals surface area contributed by atoms with Crippen LogP contribution in [0.5, 0.6) is 0 Å². The lowest BCUT2D eigenvalue weighted by Gasteiger charge is -2.04. The second-order valence-corrected chi connectivity index (χ2v) is 15.4. The predicted octanol–water partition coefficient (Wildman–Crippen LogP) is 10.9. The summed E-state index contributed by atoms with van der Waals surface area (Å²) in [6, 6.07) is 1.09. The summed E-state index contributed by atoms with van der Waals surface area (Å²) >= 11 is 11.8. The van der Waals surface area contributed by atoms with E-state index in [1.807, 2.05) is 0 Å². The number of carbonyl (C=O) groups is 1. The second kappa shape index (κ2) is 28.5. The number of aliphatic carboxylic acids is 1. The molecular formula is C28H56Cl2O2Si. The molecule has 2 nitrogen and oxygen atoms in total. The Bertz CT molecular complexity index is 394. The molecule has 1 N–H and O–H groups in total. The van der Waals surface area contributed by atoms with Crippen LogP contribution in [0.3, 0.4) is 0 Å². The van der Waals surface area contributed by atoms with Gasteiger partial charge >= 0.3 is 5.97 Å². The van der Waals surface area contributed by atoms with Gasteiger partial charge in [0.05, 0.1) is 0 Å². The zero-order valence-corrected chi connectivity index (χ0v) is 24.4. The molecule has 0 aliphatic rings. The smallest absolute Gasteiger partial charge is 0.303 e. The Balaban J connectivity index is 3.02. The Morgan fingerprint density at radius 2 is 0.636 bits per heavy atom. The van der Waals surface area contributed by atoms with Crippen LogP contribution in [-0.4, -0.2) is 18.5 Å². The van der Waals surface area contributed by atoms with E-state index in [-0.39, 0.29) is 0 Å². The molecule has 0 aliphatic carbocycles. The van der Waals surface area contributed by atoms with E-state index in [0.717, 1.165) is 18.9 Å². The highest BCUT2D eigenvalue weighted by molar-refractivity contribution is 7.33. The Kier molecular flexibility index (Phi) is 28.7. The highest BCUT2D eigenvalue weighted by Gasteiger charge is 2.01. The number of hydrogen-bond donors (Lipinski definition) is 1. The van der Waals surface area contributed by atoms with Gasteiger partial charge in [-0.2, -0.15) is 22.2 Å². The maximum Gasteiger partial charge on any atom is 0.303 e. The molecule has 33 heavy (non-hydrogen) atoms. The SMILES string of the molecule is O=C(O)CCCCCCCCCCCCCCCCCCCCCCCCCCC[SiH](Cl)Cl. The first-order valence-electron chi connectivity index (χ1n) is 14.6. The molecule has 0 spiro atoms. The van der Waals surface area contributed by atoms with Gasteiger partial charge in [-0.1, -0.05) is 154 Å². The van der Waals surface area contributed by atoms with Crippen LogP contribution in [0.25, 0.3) is 0 Å². The molecule has 0 unspecified atom stereocenters. The standard InChI is InChI=1S/C28H56Cl2O2Si/c29-33(30)27-25-23-21-19-17-15-13-11-9-7-5-3-1-2-4-6-8-10-12-14-16-18-20-22-24-26-28(31)32/h33H,1-27H2,(H,31,32). The van der Waals surface area contributed by atoms with Crippen molar-refractivity contribution >= 4 is 35.5 Å². The Morgan fingerprint density at radius 3 is 0.848 bits per heavy atom. The van der Waals surface area contributed by atoms with Crippen molar-refractivity contribution in [3.05, 3.63) is 0 Å². The summed E-state index contributed by atoms with van der Waals surface area (Å²) in [4.78, 5) is 10.4. The molecule has 0 atom stereocenters. The van der Waals surface area contributed by atoms with Crippen LogP contribution in [0.2, 0.25) is 6.04 Å². The van der Waals surface area contributed by atoms with Crippen molar-refractivity contribution in [3.63, 3.8) is 0 Å². The van der Waals surface area contributed by atoms with Gasteiger partial charge in [0.25, 0.3) is 0 Å². The van der Waals surface area contributed by atoms with Crippen molar-refractivity contribution < 1.29 is 9.90 Å². The van der Waals surface area contributed by atoms with Crippen molar-refractivity contribution in [3.8, 4) is 0 Å². The summed E-state index contributed by atoms with van der Waals surface area (Å²) in [6.07, 6.45) is 34.3. The third-order valence-electron chi connectivity index (χ3n) is 6.81. The third kappa shape index (κ3) is 32.3. The highest BCUT2D eigenvalue weighted by Crippen LogP contribution is 2.16. The Morgan fingerprint density at radius 1 is 0.424 bits per heavy atom. The fraction of sp³-hybridized carbons (Fsp3) is 0.964. The highest BCUT2D eigenvalue weighted by atomic mass is 35.7. The van der Waals surface area contributed by atoms with Gasteiger partial charge in [0.15, 0.2) is 0 Å².